The number of para-hydroxylation sites is 1. The van der Waals surface area contributed by atoms with E-state index < -0.39 is 16.1 Å². The maximum absolute atomic E-state index is 14.1. The Balaban J connectivity index is 2.92. The first-order chi connectivity index (χ1) is 14.6. The fourth-order valence-corrected chi connectivity index (χ4v) is 5.90. The van der Waals surface area contributed by atoms with Gasteiger partial charge in [-0.1, -0.05) is 90.8 Å². The Bertz CT molecular complexity index is 975. The SMILES string of the molecule is CCCc1cccc(CCC)c1S(=O)(=O)N(C(=O)O)c1c(C(C)C)cccc1C(C)C. The molecule has 0 bridgehead atoms. The molecule has 2 aromatic carbocycles. The topological polar surface area (TPSA) is 74.7 Å². The van der Waals surface area contributed by atoms with Crippen molar-refractivity contribution in [2.24, 2.45) is 0 Å². The summed E-state index contributed by atoms with van der Waals surface area (Å²) in [6.07, 6.45) is 1.20. The quantitative estimate of drug-likeness (QED) is 0.465. The van der Waals surface area contributed by atoms with Crippen molar-refractivity contribution in [1.82, 2.24) is 0 Å². The Labute approximate surface area is 187 Å². The lowest BCUT2D eigenvalue weighted by Crippen LogP contribution is -2.38. The maximum atomic E-state index is 14.1. The third-order valence-electron chi connectivity index (χ3n) is 5.43. The van der Waals surface area contributed by atoms with Crippen LogP contribution >= 0.6 is 0 Å². The largest absolute Gasteiger partial charge is 0.464 e. The van der Waals surface area contributed by atoms with Crippen molar-refractivity contribution in [1.29, 1.82) is 0 Å². The molecule has 0 aliphatic rings. The molecule has 0 saturated heterocycles. The van der Waals surface area contributed by atoms with E-state index in [9.17, 15) is 18.3 Å². The molecule has 0 unspecified atom stereocenters. The van der Waals surface area contributed by atoms with E-state index in [1.165, 1.54) is 0 Å². The average molecular weight is 446 g/mol. The van der Waals surface area contributed by atoms with E-state index in [1.807, 2.05) is 65.8 Å². The third kappa shape index (κ3) is 5.12. The summed E-state index contributed by atoms with van der Waals surface area (Å²) >= 11 is 0. The number of carboxylic acid groups (broad SMARTS) is 1. The lowest BCUT2D eigenvalue weighted by Gasteiger charge is -2.29. The van der Waals surface area contributed by atoms with E-state index in [-0.39, 0.29) is 22.4 Å². The predicted molar refractivity (Wildman–Crippen MR) is 127 cm³/mol. The molecular weight excluding hydrogens is 410 g/mol. The van der Waals surface area contributed by atoms with E-state index in [0.29, 0.717) is 39.4 Å². The van der Waals surface area contributed by atoms with Crippen molar-refractivity contribution in [2.75, 3.05) is 4.31 Å². The molecule has 0 fully saturated rings. The summed E-state index contributed by atoms with van der Waals surface area (Å²) in [5.74, 6) is -0.0708. The van der Waals surface area contributed by atoms with Gasteiger partial charge in [-0.05, 0) is 46.9 Å². The number of benzene rings is 2. The number of hydrogen-bond acceptors (Lipinski definition) is 3. The smallest absolute Gasteiger partial charge is 0.426 e. The van der Waals surface area contributed by atoms with Gasteiger partial charge in [0.2, 0.25) is 0 Å². The molecule has 6 heteroatoms. The lowest BCUT2D eigenvalue weighted by molar-refractivity contribution is 0.206. The number of anilines is 1. The van der Waals surface area contributed by atoms with Crippen LogP contribution in [0.15, 0.2) is 41.3 Å². The molecule has 1 amide bonds. The Morgan fingerprint density at radius 3 is 1.65 bits per heavy atom. The molecule has 2 aromatic rings. The van der Waals surface area contributed by atoms with Crippen molar-refractivity contribution in [3.8, 4) is 0 Å². The van der Waals surface area contributed by atoms with Gasteiger partial charge < -0.3 is 5.11 Å². The number of carbonyl (C=O) groups is 1. The van der Waals surface area contributed by atoms with Gasteiger partial charge in [0.05, 0.1) is 10.6 Å². The molecule has 0 aliphatic heterocycles. The zero-order chi connectivity index (χ0) is 23.3. The molecular formula is C25H35NO4S. The van der Waals surface area contributed by atoms with E-state index in [1.54, 1.807) is 12.1 Å². The molecule has 31 heavy (non-hydrogen) atoms. The van der Waals surface area contributed by atoms with Crippen LogP contribution < -0.4 is 4.31 Å². The van der Waals surface area contributed by atoms with Gasteiger partial charge >= 0.3 is 6.09 Å². The minimum atomic E-state index is -4.34. The summed E-state index contributed by atoms with van der Waals surface area (Å²) in [6.45, 7) is 11.8. The van der Waals surface area contributed by atoms with Gasteiger partial charge in [-0.25, -0.2) is 13.2 Å². The summed E-state index contributed by atoms with van der Waals surface area (Å²) in [7, 11) is -4.34. The zero-order valence-corrected chi connectivity index (χ0v) is 20.3. The number of sulfonamides is 1. The van der Waals surface area contributed by atoms with Gasteiger partial charge in [0.25, 0.3) is 10.0 Å². The number of amides is 1. The molecule has 170 valence electrons. The van der Waals surface area contributed by atoms with Crippen molar-refractivity contribution in [3.05, 3.63) is 58.7 Å². The van der Waals surface area contributed by atoms with Crippen LogP contribution in [0.4, 0.5) is 10.5 Å². The number of rotatable bonds is 9. The summed E-state index contributed by atoms with van der Waals surface area (Å²) < 4.78 is 28.8. The number of hydrogen-bond donors (Lipinski definition) is 1. The van der Waals surface area contributed by atoms with Crippen molar-refractivity contribution < 1.29 is 18.3 Å². The maximum Gasteiger partial charge on any atom is 0.426 e. The van der Waals surface area contributed by atoms with Crippen LogP contribution in [0, 0.1) is 0 Å². The van der Waals surface area contributed by atoms with Crippen molar-refractivity contribution in [3.63, 3.8) is 0 Å². The standard InChI is InChI=1S/C25H35NO4S/c1-7-11-19-13-9-14-20(12-8-2)24(19)31(29,30)26(25(27)28)23-21(17(3)4)15-10-16-22(23)18(5)6/h9-10,13-18H,7-8,11-12H2,1-6H3,(H,27,28). The molecule has 0 atom stereocenters. The van der Waals surface area contributed by atoms with E-state index in [2.05, 4.69) is 0 Å². The Morgan fingerprint density at radius 1 is 0.871 bits per heavy atom. The van der Waals surface area contributed by atoms with Gasteiger partial charge in [-0.15, -0.1) is 0 Å². The van der Waals surface area contributed by atoms with Crippen LogP contribution in [0.2, 0.25) is 0 Å². The van der Waals surface area contributed by atoms with Gasteiger partial charge in [-0.2, -0.15) is 4.31 Å². The highest BCUT2D eigenvalue weighted by Crippen LogP contribution is 2.39. The van der Waals surface area contributed by atoms with Gasteiger partial charge in [0, 0.05) is 0 Å². The van der Waals surface area contributed by atoms with Crippen LogP contribution in [-0.4, -0.2) is 19.6 Å². The van der Waals surface area contributed by atoms with Crippen molar-refractivity contribution >= 4 is 21.8 Å². The monoisotopic (exact) mass is 445 g/mol. The molecule has 0 saturated carbocycles. The van der Waals surface area contributed by atoms with Crippen LogP contribution in [0.5, 0.6) is 0 Å². The number of aryl methyl sites for hydroxylation is 2. The van der Waals surface area contributed by atoms with E-state index >= 15 is 0 Å². The summed E-state index contributed by atoms with van der Waals surface area (Å²) in [5.41, 5.74) is 3.04. The van der Waals surface area contributed by atoms with Crippen molar-refractivity contribution in [2.45, 2.75) is 84.0 Å². The second-order valence-electron chi connectivity index (χ2n) is 8.55. The first-order valence-electron chi connectivity index (χ1n) is 11.1. The third-order valence-corrected chi connectivity index (χ3v) is 7.29. The summed E-state index contributed by atoms with van der Waals surface area (Å²) in [5, 5.41) is 10.2. The Morgan fingerprint density at radius 2 is 1.29 bits per heavy atom. The van der Waals surface area contributed by atoms with Gasteiger partial charge in [0.1, 0.15) is 0 Å². The van der Waals surface area contributed by atoms with Crippen LogP contribution in [0.3, 0.4) is 0 Å². The molecule has 0 spiro atoms. The first-order valence-corrected chi connectivity index (χ1v) is 12.5. The number of nitrogens with zero attached hydrogens (tertiary/aromatic N) is 1. The molecule has 2 rings (SSSR count). The molecule has 0 aliphatic carbocycles. The molecule has 0 heterocycles. The van der Waals surface area contributed by atoms with E-state index in [4.69, 9.17) is 0 Å². The molecule has 0 radical (unpaired) electrons. The minimum Gasteiger partial charge on any atom is -0.464 e. The highest BCUT2D eigenvalue weighted by atomic mass is 32.2. The summed E-state index contributed by atoms with van der Waals surface area (Å²) in [4.78, 5) is 12.7. The van der Waals surface area contributed by atoms with Crippen LogP contribution in [0.1, 0.15) is 88.5 Å². The molecule has 0 aromatic heterocycles. The second kappa shape index (κ2) is 10.3. The van der Waals surface area contributed by atoms with Crippen LogP contribution in [-0.2, 0) is 22.9 Å². The average Bonchev–Trinajstić information content (AvgIpc) is 2.67. The van der Waals surface area contributed by atoms with Crippen LogP contribution in [0.25, 0.3) is 0 Å². The Kier molecular flexibility index (Phi) is 8.29. The van der Waals surface area contributed by atoms with E-state index in [0.717, 1.165) is 12.8 Å². The predicted octanol–water partition coefficient (Wildman–Crippen LogP) is 6.71. The lowest BCUT2D eigenvalue weighted by atomic mass is 9.93. The fourth-order valence-electron chi connectivity index (χ4n) is 4.06. The molecule has 1 N–H and O–H groups in total. The second-order valence-corrected chi connectivity index (χ2v) is 10.3. The highest BCUT2D eigenvalue weighted by Gasteiger charge is 2.37. The Hall–Kier alpha value is -2.34. The first kappa shape index (κ1) is 24.9. The van der Waals surface area contributed by atoms with Gasteiger partial charge in [-0.3, -0.25) is 0 Å². The van der Waals surface area contributed by atoms with Gasteiger partial charge in [0.15, 0.2) is 0 Å². The fraction of sp³-hybridized carbons (Fsp3) is 0.480. The normalized spacial score (nSPS) is 11.9. The summed E-state index contributed by atoms with van der Waals surface area (Å²) in [6, 6.07) is 11.0. The highest BCUT2D eigenvalue weighted by molar-refractivity contribution is 7.93. The molecule has 5 nitrogen and oxygen atoms in total. The minimum absolute atomic E-state index is 0.0354. The zero-order valence-electron chi connectivity index (χ0n) is 19.5.